The SMILES string of the molecule is O=C([C@H]1CC[C@H](NS(=O)(=O)c2ccc(Cl)c([N+](=O)[O-])c2)CC1)N1CCOCC1C1CC1. The van der Waals surface area contributed by atoms with E-state index in [0.717, 1.165) is 18.9 Å². The predicted molar refractivity (Wildman–Crippen MR) is 113 cm³/mol. The van der Waals surface area contributed by atoms with Crippen molar-refractivity contribution in [2.75, 3.05) is 19.8 Å². The van der Waals surface area contributed by atoms with E-state index >= 15 is 0 Å². The van der Waals surface area contributed by atoms with Crippen LogP contribution in [0.4, 0.5) is 5.69 Å². The zero-order valence-electron chi connectivity index (χ0n) is 17.0. The molecule has 1 amide bonds. The van der Waals surface area contributed by atoms with Gasteiger partial charge in [-0.3, -0.25) is 14.9 Å². The summed E-state index contributed by atoms with van der Waals surface area (Å²) >= 11 is 5.78. The summed E-state index contributed by atoms with van der Waals surface area (Å²) in [7, 11) is -3.93. The number of carbonyl (C=O) groups excluding carboxylic acids is 1. The average Bonchev–Trinajstić information content (AvgIpc) is 3.59. The Hall–Kier alpha value is -1.75. The molecule has 1 aromatic carbocycles. The Morgan fingerprint density at radius 2 is 1.90 bits per heavy atom. The van der Waals surface area contributed by atoms with Gasteiger partial charge in [0.1, 0.15) is 5.02 Å². The molecule has 0 aromatic heterocycles. The van der Waals surface area contributed by atoms with Gasteiger partial charge in [-0.15, -0.1) is 0 Å². The lowest BCUT2D eigenvalue weighted by molar-refractivity contribution is -0.384. The Morgan fingerprint density at radius 3 is 2.55 bits per heavy atom. The van der Waals surface area contributed by atoms with Crippen LogP contribution in [-0.2, 0) is 19.6 Å². The highest BCUT2D eigenvalue weighted by Gasteiger charge is 2.41. The second-order valence-corrected chi connectivity index (χ2v) is 10.7. The second kappa shape index (κ2) is 9.01. The first-order valence-electron chi connectivity index (χ1n) is 10.6. The summed E-state index contributed by atoms with van der Waals surface area (Å²) in [5, 5.41) is 10.9. The molecule has 1 atom stereocenters. The lowest BCUT2D eigenvalue weighted by atomic mass is 9.85. The number of amides is 1. The molecule has 2 aliphatic carbocycles. The van der Waals surface area contributed by atoms with Crippen LogP contribution in [0.1, 0.15) is 38.5 Å². The topological polar surface area (TPSA) is 119 Å². The molecule has 170 valence electrons. The minimum Gasteiger partial charge on any atom is -0.377 e. The van der Waals surface area contributed by atoms with Gasteiger partial charge in [-0.05, 0) is 56.6 Å². The van der Waals surface area contributed by atoms with Crippen molar-refractivity contribution in [3.8, 4) is 0 Å². The van der Waals surface area contributed by atoms with Gasteiger partial charge in [0, 0.05) is 24.6 Å². The summed E-state index contributed by atoms with van der Waals surface area (Å²) in [5.41, 5.74) is -0.449. The third kappa shape index (κ3) is 5.02. The number of nitro groups is 1. The normalized spacial score (nSPS) is 27.1. The molecule has 4 rings (SSSR count). The van der Waals surface area contributed by atoms with Crippen LogP contribution in [0, 0.1) is 22.0 Å². The van der Waals surface area contributed by atoms with Gasteiger partial charge in [0.15, 0.2) is 0 Å². The van der Waals surface area contributed by atoms with Crippen molar-refractivity contribution in [1.82, 2.24) is 9.62 Å². The fraction of sp³-hybridized carbons (Fsp3) is 0.650. The maximum absolute atomic E-state index is 13.1. The van der Waals surface area contributed by atoms with E-state index in [4.69, 9.17) is 16.3 Å². The van der Waals surface area contributed by atoms with Crippen molar-refractivity contribution < 1.29 is 22.9 Å². The molecule has 3 fully saturated rings. The molecular weight excluding hydrogens is 446 g/mol. The predicted octanol–water partition coefficient (Wildman–Crippen LogP) is 2.72. The first-order chi connectivity index (χ1) is 14.8. The Morgan fingerprint density at radius 1 is 1.19 bits per heavy atom. The van der Waals surface area contributed by atoms with Crippen LogP contribution < -0.4 is 4.72 Å². The van der Waals surface area contributed by atoms with Gasteiger partial charge in [0.05, 0.1) is 29.1 Å². The fourth-order valence-electron chi connectivity index (χ4n) is 4.55. The van der Waals surface area contributed by atoms with Crippen molar-refractivity contribution in [3.63, 3.8) is 0 Å². The molecule has 1 N–H and O–H groups in total. The molecule has 31 heavy (non-hydrogen) atoms. The van der Waals surface area contributed by atoms with Gasteiger partial charge in [-0.1, -0.05) is 11.6 Å². The molecule has 11 heteroatoms. The van der Waals surface area contributed by atoms with Gasteiger partial charge in [-0.2, -0.15) is 0 Å². The average molecular weight is 472 g/mol. The number of benzene rings is 1. The number of rotatable bonds is 6. The molecule has 1 unspecified atom stereocenters. The number of sulfonamides is 1. The van der Waals surface area contributed by atoms with Crippen molar-refractivity contribution >= 4 is 33.2 Å². The number of nitrogens with zero attached hydrogens (tertiary/aromatic N) is 2. The number of carbonyl (C=O) groups is 1. The first kappa shape index (κ1) is 22.4. The molecular formula is C20H26ClN3O6S. The van der Waals surface area contributed by atoms with Gasteiger partial charge < -0.3 is 9.64 Å². The van der Waals surface area contributed by atoms with Crippen LogP contribution in [0.25, 0.3) is 0 Å². The van der Waals surface area contributed by atoms with Crippen molar-refractivity contribution in [2.24, 2.45) is 11.8 Å². The first-order valence-corrected chi connectivity index (χ1v) is 12.5. The number of nitro benzene ring substituents is 1. The van der Waals surface area contributed by atoms with Gasteiger partial charge in [-0.25, -0.2) is 13.1 Å². The molecule has 2 saturated carbocycles. The van der Waals surface area contributed by atoms with Crippen LogP contribution in [0.2, 0.25) is 5.02 Å². The fourth-order valence-corrected chi connectivity index (χ4v) is 6.06. The van der Waals surface area contributed by atoms with E-state index < -0.39 is 20.6 Å². The van der Waals surface area contributed by atoms with Gasteiger partial charge in [0.25, 0.3) is 5.69 Å². The number of hydrogen-bond acceptors (Lipinski definition) is 6. The zero-order valence-corrected chi connectivity index (χ0v) is 18.6. The number of nitrogens with one attached hydrogen (secondary N) is 1. The van der Waals surface area contributed by atoms with Crippen LogP contribution in [0.3, 0.4) is 0 Å². The van der Waals surface area contributed by atoms with Gasteiger partial charge in [0.2, 0.25) is 15.9 Å². The highest BCUT2D eigenvalue weighted by molar-refractivity contribution is 7.89. The highest BCUT2D eigenvalue weighted by Crippen LogP contribution is 2.38. The standard InChI is InChI=1S/C20H26ClN3O6S/c21-17-8-7-16(11-18(17)24(26)27)31(28,29)22-15-5-3-14(4-6-15)20(25)23-9-10-30-12-19(23)13-1-2-13/h7-8,11,13-15,19,22H,1-6,9-10,12H2/t14-,15-,19?. The van der Waals surface area contributed by atoms with Crippen molar-refractivity contribution in [1.29, 1.82) is 0 Å². The maximum atomic E-state index is 13.1. The smallest absolute Gasteiger partial charge is 0.289 e. The summed E-state index contributed by atoms with van der Waals surface area (Å²) in [6.45, 7) is 1.80. The summed E-state index contributed by atoms with van der Waals surface area (Å²) in [4.78, 5) is 25.2. The van der Waals surface area contributed by atoms with Crippen molar-refractivity contribution in [2.45, 2.75) is 55.5 Å². The lowest BCUT2D eigenvalue weighted by Crippen LogP contribution is -2.52. The van der Waals surface area contributed by atoms with Crippen LogP contribution in [-0.4, -0.2) is 56.0 Å². The summed E-state index contributed by atoms with van der Waals surface area (Å²) in [6.07, 6.45) is 4.61. The lowest BCUT2D eigenvalue weighted by Gasteiger charge is -2.39. The molecule has 0 bridgehead atoms. The monoisotopic (exact) mass is 471 g/mol. The second-order valence-electron chi connectivity index (χ2n) is 8.55. The highest BCUT2D eigenvalue weighted by atomic mass is 35.5. The quantitative estimate of drug-likeness (QED) is 0.503. The van der Waals surface area contributed by atoms with Crippen LogP contribution in [0.5, 0.6) is 0 Å². The number of halogens is 1. The Labute approximate surface area is 186 Å². The Bertz CT molecular complexity index is 960. The molecule has 1 saturated heterocycles. The molecule has 0 radical (unpaired) electrons. The van der Waals surface area contributed by atoms with Crippen LogP contribution in [0.15, 0.2) is 23.1 Å². The van der Waals surface area contributed by atoms with Gasteiger partial charge >= 0.3 is 0 Å². The molecule has 1 aromatic rings. The molecule has 1 aliphatic heterocycles. The molecule has 1 heterocycles. The van der Waals surface area contributed by atoms with E-state index in [-0.39, 0.29) is 33.8 Å². The summed E-state index contributed by atoms with van der Waals surface area (Å²) in [5.74, 6) is 0.613. The Kier molecular flexibility index (Phi) is 6.52. The van der Waals surface area contributed by atoms with E-state index in [2.05, 4.69) is 4.72 Å². The Balaban J connectivity index is 1.36. The van der Waals surface area contributed by atoms with E-state index in [1.807, 2.05) is 4.90 Å². The number of hydrogen-bond donors (Lipinski definition) is 1. The third-order valence-electron chi connectivity index (χ3n) is 6.44. The maximum Gasteiger partial charge on any atom is 0.289 e. The van der Waals surface area contributed by atoms with E-state index in [1.54, 1.807) is 0 Å². The largest absolute Gasteiger partial charge is 0.377 e. The zero-order chi connectivity index (χ0) is 22.2. The number of ether oxygens (including phenoxy) is 1. The molecule has 0 spiro atoms. The minimum atomic E-state index is -3.93. The van der Waals surface area contributed by atoms with Crippen molar-refractivity contribution in [3.05, 3.63) is 33.3 Å². The summed E-state index contributed by atoms with van der Waals surface area (Å²) in [6, 6.07) is 3.30. The third-order valence-corrected chi connectivity index (χ3v) is 8.28. The van der Waals surface area contributed by atoms with E-state index in [0.29, 0.717) is 51.4 Å². The summed E-state index contributed by atoms with van der Waals surface area (Å²) < 4.78 is 33.6. The van der Waals surface area contributed by atoms with Crippen LogP contribution >= 0.6 is 11.6 Å². The van der Waals surface area contributed by atoms with E-state index in [1.165, 1.54) is 12.1 Å². The molecule has 9 nitrogen and oxygen atoms in total. The van der Waals surface area contributed by atoms with E-state index in [9.17, 15) is 23.3 Å². The number of morpholine rings is 1. The molecule has 3 aliphatic rings. The minimum absolute atomic E-state index is 0.100.